The van der Waals surface area contributed by atoms with Gasteiger partial charge < -0.3 is 26.4 Å². The summed E-state index contributed by atoms with van der Waals surface area (Å²) in [6.45, 7) is 0.741. The molecule has 1 aliphatic rings. The van der Waals surface area contributed by atoms with E-state index >= 15 is 0 Å². The largest absolute Gasteiger partial charge is 0.480 e. The van der Waals surface area contributed by atoms with E-state index < -0.39 is 35.9 Å². The topological polar surface area (TPSA) is 137 Å². The molecule has 31 heavy (non-hydrogen) atoms. The molecule has 1 aliphatic heterocycles. The first-order chi connectivity index (χ1) is 14.8. The van der Waals surface area contributed by atoms with Crippen LogP contribution >= 0.6 is 25.3 Å². The first-order valence-corrected chi connectivity index (χ1v) is 11.2. The van der Waals surface area contributed by atoms with E-state index in [1.165, 1.54) is 0 Å². The van der Waals surface area contributed by atoms with Crippen molar-refractivity contribution in [3.8, 4) is 0 Å². The summed E-state index contributed by atoms with van der Waals surface area (Å²) in [5.41, 5.74) is 0.843. The maximum absolute atomic E-state index is 13.0. The van der Waals surface area contributed by atoms with Crippen molar-refractivity contribution in [2.45, 2.75) is 43.4 Å². The standard InChI is InChI=1S/C20H28N4O5S2/c25-17(13-7-4-8-21-13)22-14(9-12-5-2-1-3-6-12)18(26)23-15(10-30)19(27)24-16(11-31)20(28)29/h1-3,5-6,13-16,21,30-31H,4,7-11H2,(H,22,25)(H,23,26)(H,24,27)(H,28,29). The molecule has 0 aliphatic carbocycles. The predicted octanol–water partition coefficient (Wildman–Crippen LogP) is -0.620. The van der Waals surface area contributed by atoms with Crippen molar-refractivity contribution in [2.75, 3.05) is 18.1 Å². The molecule has 0 radical (unpaired) electrons. The Morgan fingerprint density at radius 2 is 1.58 bits per heavy atom. The molecule has 1 fully saturated rings. The second-order valence-electron chi connectivity index (χ2n) is 7.23. The van der Waals surface area contributed by atoms with E-state index in [-0.39, 0.29) is 29.9 Å². The third kappa shape index (κ3) is 7.75. The van der Waals surface area contributed by atoms with Gasteiger partial charge in [0.1, 0.15) is 18.1 Å². The van der Waals surface area contributed by atoms with Crippen LogP contribution in [0.1, 0.15) is 18.4 Å². The number of hydrogen-bond acceptors (Lipinski definition) is 7. The minimum absolute atomic E-state index is 0.0489. The predicted molar refractivity (Wildman–Crippen MR) is 122 cm³/mol. The van der Waals surface area contributed by atoms with Crippen LogP contribution in [0.3, 0.4) is 0 Å². The molecule has 4 atom stereocenters. The highest BCUT2D eigenvalue weighted by Gasteiger charge is 2.30. The fraction of sp³-hybridized carbons (Fsp3) is 0.500. The molecule has 1 aromatic rings. The molecular formula is C20H28N4O5S2. The molecule has 0 aromatic heterocycles. The molecule has 0 saturated carbocycles. The molecule has 1 aromatic carbocycles. The van der Waals surface area contributed by atoms with E-state index in [0.29, 0.717) is 6.42 Å². The summed E-state index contributed by atoms with van der Waals surface area (Å²) < 4.78 is 0. The third-order valence-electron chi connectivity index (χ3n) is 4.91. The molecule has 3 amide bonds. The maximum Gasteiger partial charge on any atom is 0.327 e. The van der Waals surface area contributed by atoms with Crippen LogP contribution in [0.5, 0.6) is 0 Å². The Balaban J connectivity index is 2.09. The van der Waals surface area contributed by atoms with Crippen LogP contribution in [-0.2, 0) is 25.6 Å². The van der Waals surface area contributed by atoms with Gasteiger partial charge in [-0.15, -0.1) is 0 Å². The van der Waals surface area contributed by atoms with Crippen LogP contribution in [-0.4, -0.2) is 71.0 Å². The number of aliphatic carboxylic acids is 1. The Morgan fingerprint density at radius 1 is 0.968 bits per heavy atom. The number of rotatable bonds is 11. The lowest BCUT2D eigenvalue weighted by Gasteiger charge is -2.24. The fourth-order valence-corrected chi connectivity index (χ4v) is 3.67. The summed E-state index contributed by atoms with van der Waals surface area (Å²) in [7, 11) is 0. The summed E-state index contributed by atoms with van der Waals surface area (Å²) in [5.74, 6) is -2.90. The molecule has 5 N–H and O–H groups in total. The van der Waals surface area contributed by atoms with Crippen molar-refractivity contribution < 1.29 is 24.3 Å². The summed E-state index contributed by atoms with van der Waals surface area (Å²) >= 11 is 8.01. The lowest BCUT2D eigenvalue weighted by atomic mass is 10.0. The van der Waals surface area contributed by atoms with Crippen LogP contribution in [0.25, 0.3) is 0 Å². The second-order valence-corrected chi connectivity index (χ2v) is 7.96. The van der Waals surface area contributed by atoms with Crippen molar-refractivity contribution >= 4 is 48.9 Å². The Labute approximate surface area is 191 Å². The monoisotopic (exact) mass is 468 g/mol. The number of nitrogens with one attached hydrogen (secondary N) is 4. The molecule has 0 spiro atoms. The first kappa shape index (κ1) is 25.0. The van der Waals surface area contributed by atoms with Crippen LogP contribution in [0.4, 0.5) is 0 Å². The highest BCUT2D eigenvalue weighted by Crippen LogP contribution is 2.08. The molecule has 170 valence electrons. The van der Waals surface area contributed by atoms with Gasteiger partial charge in [0.25, 0.3) is 0 Å². The lowest BCUT2D eigenvalue weighted by molar-refractivity contribution is -0.141. The number of carbonyl (C=O) groups is 4. The average molecular weight is 469 g/mol. The smallest absolute Gasteiger partial charge is 0.327 e. The molecule has 11 heteroatoms. The van der Waals surface area contributed by atoms with Crippen molar-refractivity contribution in [3.63, 3.8) is 0 Å². The van der Waals surface area contributed by atoms with Gasteiger partial charge in [0.2, 0.25) is 17.7 Å². The number of carbonyl (C=O) groups excluding carboxylic acids is 3. The zero-order valence-corrected chi connectivity index (χ0v) is 18.7. The number of benzene rings is 1. The number of carboxylic acid groups (broad SMARTS) is 1. The van der Waals surface area contributed by atoms with Gasteiger partial charge in [-0.1, -0.05) is 30.3 Å². The van der Waals surface area contributed by atoms with Gasteiger partial charge in [0.05, 0.1) is 6.04 Å². The molecule has 1 saturated heterocycles. The SMILES string of the molecule is O=C(O)C(CS)NC(=O)C(CS)NC(=O)C(Cc1ccccc1)NC(=O)C1CCCN1. The van der Waals surface area contributed by atoms with Gasteiger partial charge in [0.15, 0.2) is 0 Å². The van der Waals surface area contributed by atoms with Gasteiger partial charge in [-0.25, -0.2) is 4.79 Å². The Morgan fingerprint density at radius 3 is 2.13 bits per heavy atom. The molecule has 1 heterocycles. The van der Waals surface area contributed by atoms with Gasteiger partial charge in [-0.05, 0) is 24.9 Å². The zero-order valence-electron chi connectivity index (χ0n) is 16.9. The highest BCUT2D eigenvalue weighted by atomic mass is 32.1. The van der Waals surface area contributed by atoms with Crippen LogP contribution in [0.15, 0.2) is 30.3 Å². The number of hydrogen-bond donors (Lipinski definition) is 7. The van der Waals surface area contributed by atoms with Crippen LogP contribution < -0.4 is 21.3 Å². The fourth-order valence-electron chi connectivity index (χ4n) is 3.16. The summed E-state index contributed by atoms with van der Waals surface area (Å²) in [5, 5.41) is 19.8. The van der Waals surface area contributed by atoms with E-state index in [1.807, 2.05) is 30.3 Å². The summed E-state index contributed by atoms with van der Waals surface area (Å²) in [4.78, 5) is 49.1. The zero-order chi connectivity index (χ0) is 22.8. The van der Waals surface area contributed by atoms with Gasteiger partial charge in [0, 0.05) is 17.9 Å². The molecular weight excluding hydrogens is 440 g/mol. The van der Waals surface area contributed by atoms with Crippen molar-refractivity contribution in [1.82, 2.24) is 21.3 Å². The van der Waals surface area contributed by atoms with Crippen molar-refractivity contribution in [1.29, 1.82) is 0 Å². The van der Waals surface area contributed by atoms with Crippen molar-refractivity contribution in [2.24, 2.45) is 0 Å². The molecule has 9 nitrogen and oxygen atoms in total. The second kappa shape index (κ2) is 12.6. The number of carboxylic acids is 1. The molecule has 2 rings (SSSR count). The van der Waals surface area contributed by atoms with Gasteiger partial charge in [-0.2, -0.15) is 25.3 Å². The van der Waals surface area contributed by atoms with Crippen LogP contribution in [0.2, 0.25) is 0 Å². The minimum atomic E-state index is -1.23. The summed E-state index contributed by atoms with van der Waals surface area (Å²) in [6.07, 6.45) is 1.80. The van der Waals surface area contributed by atoms with E-state index in [1.54, 1.807) is 0 Å². The summed E-state index contributed by atoms with van der Waals surface area (Å²) in [6, 6.07) is 5.66. The Hall–Kier alpha value is -2.24. The minimum Gasteiger partial charge on any atom is -0.480 e. The highest BCUT2D eigenvalue weighted by molar-refractivity contribution is 7.80. The number of amides is 3. The van der Waals surface area contributed by atoms with Crippen molar-refractivity contribution in [3.05, 3.63) is 35.9 Å². The molecule has 0 bridgehead atoms. The third-order valence-corrected chi connectivity index (χ3v) is 5.64. The molecule has 4 unspecified atom stereocenters. The van der Waals surface area contributed by atoms with E-state index in [9.17, 15) is 19.2 Å². The number of thiol groups is 2. The van der Waals surface area contributed by atoms with Gasteiger partial charge in [-0.3, -0.25) is 14.4 Å². The van der Waals surface area contributed by atoms with E-state index in [4.69, 9.17) is 5.11 Å². The Bertz CT molecular complexity index is 774. The first-order valence-electron chi connectivity index (χ1n) is 9.98. The quantitative estimate of drug-likeness (QED) is 0.216. The maximum atomic E-state index is 13.0. The van der Waals surface area contributed by atoms with E-state index in [0.717, 1.165) is 18.5 Å². The average Bonchev–Trinajstić information content (AvgIpc) is 3.30. The van der Waals surface area contributed by atoms with E-state index in [2.05, 4.69) is 46.5 Å². The Kier molecular flexibility index (Phi) is 10.2. The lowest BCUT2D eigenvalue weighted by Crippen LogP contribution is -2.58. The van der Waals surface area contributed by atoms with Gasteiger partial charge >= 0.3 is 5.97 Å². The van der Waals surface area contributed by atoms with Crippen LogP contribution in [0, 0.1) is 0 Å². The normalized spacial score (nSPS) is 18.5.